The number of phenols is 1. The number of hydrogen-bond acceptors (Lipinski definition) is 14. The summed E-state index contributed by atoms with van der Waals surface area (Å²) in [5, 5.41) is 31.9. The van der Waals surface area contributed by atoms with Crippen molar-refractivity contribution in [1.29, 1.82) is 0 Å². The number of aromatic hydroxyl groups is 1. The van der Waals surface area contributed by atoms with Crippen molar-refractivity contribution in [3.05, 3.63) is 99.9 Å². The number of allylic oxidation sites excluding steroid dienone is 2. The van der Waals surface area contributed by atoms with E-state index in [1.807, 2.05) is 74.2 Å². The first-order valence-electron chi connectivity index (χ1n) is 26.0. The Kier molecular flexibility index (Phi) is 17.8. The smallest absolute Gasteiger partial charge is 0.246 e. The van der Waals surface area contributed by atoms with Gasteiger partial charge in [0.05, 0.1) is 40.8 Å². The van der Waals surface area contributed by atoms with Crippen molar-refractivity contribution in [2.45, 2.75) is 91.1 Å². The van der Waals surface area contributed by atoms with Crippen LogP contribution in [0.3, 0.4) is 0 Å². The van der Waals surface area contributed by atoms with E-state index in [1.165, 1.54) is 15.9 Å². The molecule has 6 atom stereocenters. The van der Waals surface area contributed by atoms with Crippen LogP contribution < -0.4 is 16.0 Å². The molecule has 8 rings (SSSR count). The fourth-order valence-corrected chi connectivity index (χ4v) is 11.3. The summed E-state index contributed by atoms with van der Waals surface area (Å²) in [6, 6.07) is 14.8. The fraction of sp³-hybridized carbons (Fsp3) is 0.464. The lowest BCUT2D eigenvalue weighted by atomic mass is 9.84. The summed E-state index contributed by atoms with van der Waals surface area (Å²) in [5.74, 6) is -2.35. The minimum absolute atomic E-state index is 0.00260. The van der Waals surface area contributed by atoms with Gasteiger partial charge in [-0.15, -0.1) is 11.3 Å². The number of rotatable bonds is 16. The van der Waals surface area contributed by atoms with E-state index in [9.17, 15) is 34.2 Å². The molecule has 0 bridgehead atoms. The summed E-state index contributed by atoms with van der Waals surface area (Å²) in [6.45, 7) is 12.6. The lowest BCUT2D eigenvalue weighted by Crippen LogP contribution is -2.58. The van der Waals surface area contributed by atoms with Gasteiger partial charge in [-0.3, -0.25) is 24.0 Å². The quantitative estimate of drug-likeness (QED) is 0.0829. The second-order valence-electron chi connectivity index (χ2n) is 21.0. The molecule has 1 aliphatic carbocycles. The normalized spacial score (nSPS) is 20.4. The molecule has 0 spiro atoms. The number of halogens is 2. The minimum Gasteiger partial charge on any atom is -0.508 e. The Bertz CT molecular complexity index is 3000. The standard InChI is InChI=1S/C56H68ClFN10O8S/c1-8-45(72)66-19-21-67(22-20-66)52-41-28-42(57)47(40-26-37(69)25-36-11-9-10-12-39(36)40)48(58)49(41)63-55(64-52)59-18-17-46(73)65(7)23-24-76-30-44(71)62-51(56(4,5)6)54(75)68-29-38(70)27-43(68)53(74)61-32(2)34-13-15-35(16-14-34)50-33(3)60-31-77-50/h9-16,25-26,28,31-32,38,41,43,49,51,69-70H,8,17-24,27,29-30H2,1-7H3,(H,59,63)(H,61,74)(H,62,71)/t32-,38+,41?,43-,49?,51?/m0/s1. The van der Waals surface area contributed by atoms with Crippen LogP contribution in [0, 0.1) is 18.3 Å². The van der Waals surface area contributed by atoms with Crippen LogP contribution in [-0.4, -0.2) is 166 Å². The van der Waals surface area contributed by atoms with Crippen molar-refractivity contribution in [1.82, 2.24) is 40.5 Å². The number of aromatic nitrogens is 1. The van der Waals surface area contributed by atoms with Crippen molar-refractivity contribution in [2.24, 2.45) is 21.3 Å². The van der Waals surface area contributed by atoms with Gasteiger partial charge in [-0.25, -0.2) is 14.4 Å². The fourth-order valence-electron chi connectivity index (χ4n) is 10.2. The van der Waals surface area contributed by atoms with E-state index in [-0.39, 0.29) is 73.2 Å². The number of fused-ring (bicyclic) bond motifs is 2. The number of carbonyl (C=O) groups is 5. The molecule has 2 fully saturated rings. The number of ether oxygens (including phenoxy) is 1. The zero-order chi connectivity index (χ0) is 55.3. The average Bonchev–Trinajstić information content (AvgIpc) is 4.03. The highest BCUT2D eigenvalue weighted by Crippen LogP contribution is 2.45. The molecule has 2 saturated heterocycles. The first kappa shape index (κ1) is 56.5. The maximum atomic E-state index is 17.1. The van der Waals surface area contributed by atoms with Crippen LogP contribution in [-0.2, 0) is 28.7 Å². The summed E-state index contributed by atoms with van der Waals surface area (Å²) in [5.41, 5.74) is 4.39. The highest BCUT2D eigenvalue weighted by atomic mass is 35.5. The maximum Gasteiger partial charge on any atom is 0.246 e. The molecular weight excluding hydrogens is 1030 g/mol. The molecule has 4 aliphatic rings. The van der Waals surface area contributed by atoms with E-state index >= 15 is 4.39 Å². The average molecular weight is 1100 g/mol. The molecule has 77 heavy (non-hydrogen) atoms. The molecule has 0 saturated carbocycles. The summed E-state index contributed by atoms with van der Waals surface area (Å²) in [4.78, 5) is 88.7. The molecule has 4 heterocycles. The number of aliphatic hydroxyl groups is 1. The SMILES string of the molecule is CCC(=O)N1CCN(C2=NC(NCCC(=O)N(C)CCOCC(=O)NC(C(=O)N3C[C@H](O)C[C@H]3C(=O)N[C@@H](C)c3ccc(-c4scnc4C)cc3)C(C)(C)C)=NC3C(F)=C(c4cc(O)cc5ccccc45)C(Cl)=CC23)CC1. The van der Waals surface area contributed by atoms with Gasteiger partial charge in [0.15, 0.2) is 0 Å². The van der Waals surface area contributed by atoms with E-state index in [0.29, 0.717) is 54.8 Å². The first-order valence-corrected chi connectivity index (χ1v) is 27.3. The number of phenolic OH excluding ortho intramolecular Hbond substituents is 1. The van der Waals surface area contributed by atoms with Crippen LogP contribution in [0.1, 0.15) is 76.7 Å². The monoisotopic (exact) mass is 1090 g/mol. The maximum absolute atomic E-state index is 17.1. The molecule has 3 aliphatic heterocycles. The summed E-state index contributed by atoms with van der Waals surface area (Å²) in [6.07, 6.45) is 1.25. The number of aliphatic imine (C=N–C) groups is 2. The lowest BCUT2D eigenvalue weighted by molar-refractivity contribution is -0.144. The van der Waals surface area contributed by atoms with E-state index in [2.05, 4.69) is 20.9 Å². The van der Waals surface area contributed by atoms with Gasteiger partial charge in [0.1, 0.15) is 42.1 Å². The van der Waals surface area contributed by atoms with Crippen LogP contribution in [0.15, 0.2) is 93.1 Å². The predicted octanol–water partition coefficient (Wildman–Crippen LogP) is 5.93. The molecule has 410 valence electrons. The highest BCUT2D eigenvalue weighted by Gasteiger charge is 2.45. The number of carbonyl (C=O) groups excluding carboxylic acids is 5. The number of amides is 5. The van der Waals surface area contributed by atoms with Crippen molar-refractivity contribution in [2.75, 3.05) is 66.1 Å². The number of amidine groups is 1. The van der Waals surface area contributed by atoms with Gasteiger partial charge in [-0.1, -0.05) is 93.9 Å². The minimum atomic E-state index is -1.07. The lowest BCUT2D eigenvalue weighted by Gasteiger charge is -2.41. The molecule has 3 aromatic carbocycles. The molecule has 4 aromatic rings. The number of guanidine groups is 1. The van der Waals surface area contributed by atoms with Crippen molar-refractivity contribution < 1.29 is 43.3 Å². The van der Waals surface area contributed by atoms with Crippen LogP contribution in [0.25, 0.3) is 26.8 Å². The van der Waals surface area contributed by atoms with Gasteiger partial charge >= 0.3 is 0 Å². The van der Waals surface area contributed by atoms with Crippen molar-refractivity contribution >= 4 is 80.6 Å². The van der Waals surface area contributed by atoms with Crippen LogP contribution >= 0.6 is 22.9 Å². The number of likely N-dealkylation sites (N-methyl/N-ethyl adjacent to an activating group) is 1. The number of β-amino-alcohol motifs (C(OH)–C–C–N with tert-alkyl or cyclic N) is 1. The molecular formula is C56H68ClFN10O8S. The van der Waals surface area contributed by atoms with Gasteiger partial charge in [-0.2, -0.15) is 4.99 Å². The van der Waals surface area contributed by atoms with Gasteiger partial charge in [-0.05, 0) is 58.9 Å². The van der Waals surface area contributed by atoms with Gasteiger partial charge in [0.25, 0.3) is 0 Å². The number of thiazole rings is 1. The third-order valence-corrected chi connectivity index (χ3v) is 15.8. The largest absolute Gasteiger partial charge is 0.508 e. The molecule has 1 aromatic heterocycles. The number of hydrogen-bond donors (Lipinski definition) is 5. The topological polar surface area (TPSA) is 222 Å². The van der Waals surface area contributed by atoms with E-state index in [1.54, 1.807) is 61.7 Å². The Morgan fingerprint density at radius 1 is 1.03 bits per heavy atom. The Morgan fingerprint density at radius 2 is 1.75 bits per heavy atom. The van der Waals surface area contributed by atoms with Gasteiger partial charge in [0.2, 0.25) is 35.5 Å². The number of aliphatic hydroxyl groups excluding tert-OH is 1. The summed E-state index contributed by atoms with van der Waals surface area (Å²) in [7, 11) is 1.60. The molecule has 5 N–H and O–H groups in total. The van der Waals surface area contributed by atoms with E-state index < -0.39 is 71.8 Å². The third-order valence-electron chi connectivity index (χ3n) is 14.5. The number of aryl methyl sites for hydroxylation is 1. The first-order chi connectivity index (χ1) is 36.7. The molecule has 3 unspecified atom stereocenters. The van der Waals surface area contributed by atoms with Crippen LogP contribution in [0.2, 0.25) is 0 Å². The molecule has 0 radical (unpaired) electrons. The predicted molar refractivity (Wildman–Crippen MR) is 296 cm³/mol. The number of piperazine rings is 1. The number of likely N-dealkylation sites (tertiary alicyclic amines) is 1. The second-order valence-corrected chi connectivity index (χ2v) is 22.3. The molecule has 21 heteroatoms. The Balaban J connectivity index is 0.844. The molecule has 5 amide bonds. The Hall–Kier alpha value is -6.74. The van der Waals surface area contributed by atoms with Crippen molar-refractivity contribution in [3.63, 3.8) is 0 Å². The number of nitrogens with one attached hydrogen (secondary N) is 3. The second kappa shape index (κ2) is 24.3. The van der Waals surface area contributed by atoms with Crippen molar-refractivity contribution in [3.8, 4) is 16.2 Å². The van der Waals surface area contributed by atoms with Gasteiger partial charge < -0.3 is 50.5 Å². The van der Waals surface area contributed by atoms with Crippen LogP contribution in [0.4, 0.5) is 4.39 Å². The zero-order valence-corrected chi connectivity index (χ0v) is 46.1. The summed E-state index contributed by atoms with van der Waals surface area (Å²) >= 11 is 8.49. The molecule has 18 nitrogen and oxygen atoms in total. The third kappa shape index (κ3) is 13.0. The zero-order valence-electron chi connectivity index (χ0n) is 44.5. The Morgan fingerprint density at radius 3 is 2.44 bits per heavy atom. The highest BCUT2D eigenvalue weighted by molar-refractivity contribution is 7.13. The Labute approximate surface area is 457 Å². The number of nitrogens with zero attached hydrogens (tertiary/aromatic N) is 7. The summed E-state index contributed by atoms with van der Waals surface area (Å²) < 4.78 is 22.8. The van der Waals surface area contributed by atoms with E-state index in [0.717, 1.165) is 21.7 Å². The number of benzene rings is 3. The van der Waals surface area contributed by atoms with E-state index in [4.69, 9.17) is 26.3 Å². The van der Waals surface area contributed by atoms with Gasteiger partial charge in [0, 0.05) is 82.7 Å². The van der Waals surface area contributed by atoms with Crippen LogP contribution in [0.5, 0.6) is 5.75 Å².